The van der Waals surface area contributed by atoms with E-state index in [-0.39, 0.29) is 5.96 Å². The fourth-order valence-corrected chi connectivity index (χ4v) is 1.93. The van der Waals surface area contributed by atoms with Crippen molar-refractivity contribution in [3.05, 3.63) is 63.6 Å². The standard InChI is InChI=1S/C15H14Cl2N4O/c16-13-6-3-11(7-14(13)17)9-22-12-4-1-10(2-5-12)8-20-21-15(18)19/h1-8H,9H2,(H4,18,19,21)/b20-8-. The molecule has 0 amide bonds. The van der Waals surface area contributed by atoms with Crippen LogP contribution in [0.15, 0.2) is 52.7 Å². The van der Waals surface area contributed by atoms with E-state index in [2.05, 4.69) is 10.2 Å². The van der Waals surface area contributed by atoms with Crippen molar-refractivity contribution in [2.24, 2.45) is 21.7 Å². The van der Waals surface area contributed by atoms with E-state index >= 15 is 0 Å². The predicted molar refractivity (Wildman–Crippen MR) is 90.6 cm³/mol. The molecule has 0 unspecified atom stereocenters. The van der Waals surface area contributed by atoms with Crippen LogP contribution in [0.25, 0.3) is 0 Å². The van der Waals surface area contributed by atoms with Crippen LogP contribution in [0, 0.1) is 0 Å². The van der Waals surface area contributed by atoms with Crippen LogP contribution in [-0.4, -0.2) is 12.2 Å². The van der Waals surface area contributed by atoms with Gasteiger partial charge in [-0.25, -0.2) is 0 Å². The fraction of sp³-hybridized carbons (Fsp3) is 0.0667. The minimum Gasteiger partial charge on any atom is -0.489 e. The summed E-state index contributed by atoms with van der Waals surface area (Å²) in [6, 6.07) is 12.7. The van der Waals surface area contributed by atoms with Gasteiger partial charge in [-0.3, -0.25) is 0 Å². The first kappa shape index (κ1) is 16.1. The predicted octanol–water partition coefficient (Wildman–Crippen LogP) is 3.18. The molecule has 22 heavy (non-hydrogen) atoms. The van der Waals surface area contributed by atoms with Crippen molar-refractivity contribution >= 4 is 35.4 Å². The molecule has 0 saturated heterocycles. The number of rotatable bonds is 5. The summed E-state index contributed by atoms with van der Waals surface area (Å²) in [5, 5.41) is 8.28. The number of guanidine groups is 1. The number of nitrogens with zero attached hydrogens (tertiary/aromatic N) is 2. The van der Waals surface area contributed by atoms with Crippen LogP contribution < -0.4 is 16.2 Å². The Bertz CT molecular complexity index is 695. The van der Waals surface area contributed by atoms with Crippen molar-refractivity contribution in [1.29, 1.82) is 0 Å². The maximum atomic E-state index is 5.96. The van der Waals surface area contributed by atoms with E-state index in [0.717, 1.165) is 16.9 Å². The third kappa shape index (κ3) is 4.95. The molecule has 0 heterocycles. The number of nitrogens with two attached hydrogens (primary N) is 2. The Hall–Kier alpha value is -2.24. The van der Waals surface area contributed by atoms with Gasteiger partial charge in [0.1, 0.15) is 12.4 Å². The summed E-state index contributed by atoms with van der Waals surface area (Å²) in [5.41, 5.74) is 12.1. The Labute approximate surface area is 138 Å². The second-order valence-corrected chi connectivity index (χ2v) is 5.19. The Morgan fingerprint density at radius 3 is 2.41 bits per heavy atom. The van der Waals surface area contributed by atoms with Crippen molar-refractivity contribution in [2.45, 2.75) is 6.61 Å². The van der Waals surface area contributed by atoms with Gasteiger partial charge in [-0.05, 0) is 47.5 Å². The van der Waals surface area contributed by atoms with E-state index in [0.29, 0.717) is 16.7 Å². The van der Waals surface area contributed by atoms with Crippen LogP contribution >= 0.6 is 23.2 Å². The molecule has 5 nitrogen and oxygen atoms in total. The highest BCUT2D eigenvalue weighted by atomic mass is 35.5. The van der Waals surface area contributed by atoms with Crippen molar-refractivity contribution in [3.8, 4) is 5.75 Å². The van der Waals surface area contributed by atoms with Crippen LogP contribution in [-0.2, 0) is 6.61 Å². The first-order valence-electron chi connectivity index (χ1n) is 6.33. The molecule has 0 atom stereocenters. The first-order chi connectivity index (χ1) is 10.5. The van der Waals surface area contributed by atoms with Gasteiger partial charge in [0, 0.05) is 0 Å². The molecule has 0 radical (unpaired) electrons. The summed E-state index contributed by atoms with van der Waals surface area (Å²) < 4.78 is 5.67. The number of hydrogen-bond acceptors (Lipinski definition) is 3. The lowest BCUT2D eigenvalue weighted by molar-refractivity contribution is 0.306. The SMILES string of the molecule is NC(N)=N/N=C\c1ccc(OCc2ccc(Cl)c(Cl)c2)cc1. The third-order valence-electron chi connectivity index (χ3n) is 2.65. The summed E-state index contributed by atoms with van der Waals surface area (Å²) in [6.45, 7) is 0.401. The highest BCUT2D eigenvalue weighted by molar-refractivity contribution is 6.42. The molecule has 0 saturated carbocycles. The lowest BCUT2D eigenvalue weighted by Gasteiger charge is -2.07. The molecule has 2 aromatic rings. The van der Waals surface area contributed by atoms with Gasteiger partial charge in [-0.2, -0.15) is 5.10 Å². The zero-order chi connectivity index (χ0) is 15.9. The average Bonchev–Trinajstić information content (AvgIpc) is 2.49. The summed E-state index contributed by atoms with van der Waals surface area (Å²) in [6.07, 6.45) is 1.54. The monoisotopic (exact) mass is 336 g/mol. The normalized spacial score (nSPS) is 10.6. The second-order valence-electron chi connectivity index (χ2n) is 4.38. The van der Waals surface area contributed by atoms with Gasteiger partial charge >= 0.3 is 0 Å². The molecule has 0 aliphatic rings. The fourth-order valence-electron chi connectivity index (χ4n) is 1.61. The quantitative estimate of drug-likeness (QED) is 0.499. The molecule has 0 bridgehead atoms. The Morgan fingerprint density at radius 2 is 1.77 bits per heavy atom. The van der Waals surface area contributed by atoms with Gasteiger partial charge < -0.3 is 16.2 Å². The van der Waals surface area contributed by atoms with Crippen molar-refractivity contribution < 1.29 is 4.74 Å². The second kappa shape index (κ2) is 7.68. The molecule has 2 rings (SSSR count). The maximum absolute atomic E-state index is 5.96. The van der Waals surface area contributed by atoms with E-state index in [4.69, 9.17) is 39.4 Å². The van der Waals surface area contributed by atoms with Crippen LogP contribution in [0.1, 0.15) is 11.1 Å². The number of halogens is 2. The molecule has 0 aliphatic carbocycles. The number of benzene rings is 2. The van der Waals surface area contributed by atoms with Crippen molar-refractivity contribution in [3.63, 3.8) is 0 Å². The molecular formula is C15H14Cl2N4O. The lowest BCUT2D eigenvalue weighted by atomic mass is 10.2. The van der Waals surface area contributed by atoms with E-state index in [1.165, 1.54) is 0 Å². The highest BCUT2D eigenvalue weighted by Crippen LogP contribution is 2.23. The molecule has 0 aliphatic heterocycles. The Kier molecular flexibility index (Phi) is 5.63. The first-order valence-corrected chi connectivity index (χ1v) is 7.09. The number of ether oxygens (including phenoxy) is 1. The maximum Gasteiger partial charge on any atom is 0.211 e. The number of hydrogen-bond donors (Lipinski definition) is 2. The molecule has 114 valence electrons. The Balaban J connectivity index is 1.95. The minimum atomic E-state index is -0.0853. The summed E-state index contributed by atoms with van der Waals surface area (Å²) in [7, 11) is 0. The molecular weight excluding hydrogens is 323 g/mol. The molecule has 2 aromatic carbocycles. The minimum absolute atomic E-state index is 0.0853. The smallest absolute Gasteiger partial charge is 0.211 e. The Morgan fingerprint density at radius 1 is 1.05 bits per heavy atom. The van der Waals surface area contributed by atoms with Crippen LogP contribution in [0.3, 0.4) is 0 Å². The molecule has 0 spiro atoms. The largest absolute Gasteiger partial charge is 0.489 e. The summed E-state index contributed by atoms with van der Waals surface area (Å²) in [4.78, 5) is 0. The zero-order valence-electron chi connectivity index (χ0n) is 11.5. The van der Waals surface area contributed by atoms with Gasteiger partial charge in [0.2, 0.25) is 5.96 Å². The molecule has 4 N–H and O–H groups in total. The average molecular weight is 337 g/mol. The van der Waals surface area contributed by atoms with Crippen molar-refractivity contribution in [2.75, 3.05) is 0 Å². The van der Waals surface area contributed by atoms with Crippen LogP contribution in [0.4, 0.5) is 0 Å². The molecule has 0 fully saturated rings. The third-order valence-corrected chi connectivity index (χ3v) is 3.39. The van der Waals surface area contributed by atoms with Crippen LogP contribution in [0.5, 0.6) is 5.75 Å². The highest BCUT2D eigenvalue weighted by Gasteiger charge is 2.01. The van der Waals surface area contributed by atoms with E-state index in [1.54, 1.807) is 18.3 Å². The molecule has 0 aromatic heterocycles. The zero-order valence-corrected chi connectivity index (χ0v) is 13.1. The lowest BCUT2D eigenvalue weighted by Crippen LogP contribution is -2.21. The van der Waals surface area contributed by atoms with E-state index in [9.17, 15) is 0 Å². The van der Waals surface area contributed by atoms with E-state index in [1.807, 2.05) is 30.3 Å². The van der Waals surface area contributed by atoms with Gasteiger partial charge in [-0.1, -0.05) is 29.3 Å². The van der Waals surface area contributed by atoms with Gasteiger partial charge in [0.25, 0.3) is 0 Å². The summed E-state index contributed by atoms with van der Waals surface area (Å²) >= 11 is 11.8. The molecule has 7 heteroatoms. The van der Waals surface area contributed by atoms with Gasteiger partial charge in [0.05, 0.1) is 16.3 Å². The van der Waals surface area contributed by atoms with Crippen LogP contribution in [0.2, 0.25) is 10.0 Å². The van der Waals surface area contributed by atoms with Crippen molar-refractivity contribution in [1.82, 2.24) is 0 Å². The van der Waals surface area contributed by atoms with E-state index < -0.39 is 0 Å². The van der Waals surface area contributed by atoms with Gasteiger partial charge in [-0.15, -0.1) is 5.10 Å². The summed E-state index contributed by atoms with van der Waals surface area (Å²) in [5.74, 6) is 0.642. The van der Waals surface area contributed by atoms with Gasteiger partial charge in [0.15, 0.2) is 0 Å². The topological polar surface area (TPSA) is 86.0 Å².